The number of hydrogen-bond donors (Lipinski definition) is 3. The number of aliphatic hydroxyl groups excluding tert-OH is 1. The lowest BCUT2D eigenvalue weighted by atomic mass is 9.92. The molecule has 5 nitrogen and oxygen atoms in total. The average molecular weight is 283 g/mol. The number of likely N-dealkylation sites (tertiary alicyclic amines) is 1. The predicted molar refractivity (Wildman–Crippen MR) is 79.7 cm³/mol. The number of rotatable bonds is 5. The van der Waals surface area contributed by atoms with Crippen LogP contribution in [0.3, 0.4) is 0 Å². The maximum Gasteiger partial charge on any atom is 0.315 e. The molecule has 0 aromatic carbocycles. The second-order valence-electron chi connectivity index (χ2n) is 6.10. The number of amides is 2. The van der Waals surface area contributed by atoms with E-state index in [1.54, 1.807) is 0 Å². The Morgan fingerprint density at radius 2 is 1.95 bits per heavy atom. The monoisotopic (exact) mass is 283 g/mol. The van der Waals surface area contributed by atoms with Gasteiger partial charge in [-0.25, -0.2) is 4.79 Å². The van der Waals surface area contributed by atoms with E-state index in [4.69, 9.17) is 5.11 Å². The van der Waals surface area contributed by atoms with Gasteiger partial charge >= 0.3 is 6.03 Å². The second-order valence-corrected chi connectivity index (χ2v) is 6.10. The molecule has 20 heavy (non-hydrogen) atoms. The first-order chi connectivity index (χ1) is 9.79. The molecule has 1 atom stereocenters. The number of nitrogens with zero attached hydrogens (tertiary/aromatic N) is 1. The third-order valence-corrected chi connectivity index (χ3v) is 4.50. The van der Waals surface area contributed by atoms with Crippen molar-refractivity contribution in [3.63, 3.8) is 0 Å². The van der Waals surface area contributed by atoms with Gasteiger partial charge in [0.05, 0.1) is 0 Å². The molecule has 1 aliphatic heterocycles. The van der Waals surface area contributed by atoms with E-state index in [9.17, 15) is 4.79 Å². The molecule has 1 heterocycles. The summed E-state index contributed by atoms with van der Waals surface area (Å²) in [4.78, 5) is 14.3. The molecule has 2 rings (SSSR count). The summed E-state index contributed by atoms with van der Waals surface area (Å²) in [7, 11) is 0. The first kappa shape index (κ1) is 15.6. The molecule has 1 saturated carbocycles. The van der Waals surface area contributed by atoms with Crippen LogP contribution in [0.25, 0.3) is 0 Å². The molecule has 2 amide bonds. The fourth-order valence-corrected chi connectivity index (χ4v) is 3.42. The Morgan fingerprint density at radius 3 is 2.70 bits per heavy atom. The van der Waals surface area contributed by atoms with Gasteiger partial charge in [0.2, 0.25) is 0 Å². The van der Waals surface area contributed by atoms with Crippen molar-refractivity contribution in [2.75, 3.05) is 26.2 Å². The van der Waals surface area contributed by atoms with Gasteiger partial charge in [-0.1, -0.05) is 19.3 Å². The zero-order chi connectivity index (χ0) is 14.2. The minimum atomic E-state index is -0.0889. The van der Waals surface area contributed by atoms with Crippen LogP contribution in [0.4, 0.5) is 4.79 Å². The fourth-order valence-electron chi connectivity index (χ4n) is 3.42. The van der Waals surface area contributed by atoms with E-state index in [1.807, 2.05) is 0 Å². The quantitative estimate of drug-likeness (QED) is 0.669. The van der Waals surface area contributed by atoms with Crippen LogP contribution in [0.1, 0.15) is 51.4 Å². The van der Waals surface area contributed by atoms with E-state index in [-0.39, 0.29) is 18.7 Å². The lowest BCUT2D eigenvalue weighted by Crippen LogP contribution is -2.53. The van der Waals surface area contributed by atoms with Gasteiger partial charge in [0.25, 0.3) is 0 Å². The summed E-state index contributed by atoms with van der Waals surface area (Å²) in [5.74, 6) is 0. The van der Waals surface area contributed by atoms with Crippen molar-refractivity contribution in [1.29, 1.82) is 0 Å². The molecule has 116 valence electrons. The van der Waals surface area contributed by atoms with E-state index < -0.39 is 0 Å². The van der Waals surface area contributed by atoms with Crippen molar-refractivity contribution >= 4 is 6.03 Å². The van der Waals surface area contributed by atoms with Crippen LogP contribution in [0.2, 0.25) is 0 Å². The molecule has 3 N–H and O–H groups in total. The van der Waals surface area contributed by atoms with Gasteiger partial charge in [-0.05, 0) is 38.6 Å². The molecule has 0 radical (unpaired) electrons. The molecule has 2 fully saturated rings. The summed E-state index contributed by atoms with van der Waals surface area (Å²) in [6, 6.07) is 0.930. The highest BCUT2D eigenvalue weighted by atomic mass is 16.3. The molecule has 1 unspecified atom stereocenters. The molecule has 0 bridgehead atoms. The Bertz CT molecular complexity index is 293. The van der Waals surface area contributed by atoms with Crippen molar-refractivity contribution in [2.45, 2.75) is 63.5 Å². The van der Waals surface area contributed by atoms with Gasteiger partial charge in [0.15, 0.2) is 0 Å². The minimum Gasteiger partial charge on any atom is -0.396 e. The van der Waals surface area contributed by atoms with Crippen LogP contribution in [0.15, 0.2) is 0 Å². The first-order valence-corrected chi connectivity index (χ1v) is 8.19. The van der Waals surface area contributed by atoms with Gasteiger partial charge in [-0.3, -0.25) is 4.90 Å². The molecule has 2 aliphatic rings. The number of hydrogen-bond acceptors (Lipinski definition) is 3. The van der Waals surface area contributed by atoms with E-state index in [0.29, 0.717) is 13.0 Å². The molecule has 0 spiro atoms. The second kappa shape index (κ2) is 8.47. The van der Waals surface area contributed by atoms with Crippen molar-refractivity contribution in [3.05, 3.63) is 0 Å². The molecule has 5 heteroatoms. The van der Waals surface area contributed by atoms with E-state index in [0.717, 1.165) is 19.0 Å². The molecule has 1 aliphatic carbocycles. The minimum absolute atomic E-state index is 0.0889. The van der Waals surface area contributed by atoms with Crippen LogP contribution in [0.5, 0.6) is 0 Å². The largest absolute Gasteiger partial charge is 0.396 e. The fraction of sp³-hybridized carbons (Fsp3) is 0.933. The molecule has 0 aromatic rings. The zero-order valence-electron chi connectivity index (χ0n) is 12.4. The highest BCUT2D eigenvalue weighted by Crippen LogP contribution is 2.25. The lowest BCUT2D eigenvalue weighted by molar-refractivity contribution is 0.112. The summed E-state index contributed by atoms with van der Waals surface area (Å²) in [6.07, 6.45) is 9.65. The Balaban J connectivity index is 1.71. The summed E-state index contributed by atoms with van der Waals surface area (Å²) < 4.78 is 0. The maximum absolute atomic E-state index is 11.7. The van der Waals surface area contributed by atoms with Crippen LogP contribution < -0.4 is 10.6 Å². The number of piperidine rings is 1. The number of carbonyl (C=O) groups is 1. The van der Waals surface area contributed by atoms with Gasteiger partial charge in [-0.2, -0.15) is 0 Å². The summed E-state index contributed by atoms with van der Waals surface area (Å²) in [6.45, 7) is 2.85. The third-order valence-electron chi connectivity index (χ3n) is 4.50. The van der Waals surface area contributed by atoms with E-state index in [2.05, 4.69) is 15.5 Å². The van der Waals surface area contributed by atoms with Crippen molar-refractivity contribution < 1.29 is 9.90 Å². The van der Waals surface area contributed by atoms with Crippen LogP contribution >= 0.6 is 0 Å². The number of aliphatic hydroxyl groups is 1. The number of urea groups is 1. The van der Waals surface area contributed by atoms with E-state index in [1.165, 1.54) is 45.1 Å². The van der Waals surface area contributed by atoms with Crippen molar-refractivity contribution in [3.8, 4) is 0 Å². The third kappa shape index (κ3) is 4.94. The molecular formula is C15H29N3O2. The van der Waals surface area contributed by atoms with Crippen molar-refractivity contribution in [1.82, 2.24) is 15.5 Å². The van der Waals surface area contributed by atoms with Gasteiger partial charge in [-0.15, -0.1) is 0 Å². The average Bonchev–Trinajstić information content (AvgIpc) is 2.49. The van der Waals surface area contributed by atoms with Crippen molar-refractivity contribution in [2.24, 2.45) is 0 Å². The Labute approximate surface area is 122 Å². The summed E-state index contributed by atoms with van der Waals surface area (Å²) in [5.41, 5.74) is 0. The molecule has 1 saturated heterocycles. The zero-order valence-corrected chi connectivity index (χ0v) is 12.4. The van der Waals surface area contributed by atoms with Crippen LogP contribution in [-0.4, -0.2) is 54.4 Å². The first-order valence-electron chi connectivity index (χ1n) is 8.19. The smallest absolute Gasteiger partial charge is 0.315 e. The van der Waals surface area contributed by atoms with Gasteiger partial charge in [0.1, 0.15) is 0 Å². The van der Waals surface area contributed by atoms with Crippen LogP contribution in [0, 0.1) is 0 Å². The number of nitrogens with one attached hydrogen (secondary N) is 2. The standard InChI is InChI=1S/C15H29N3O2/c19-11-5-9-16-15(20)17-13-6-4-10-18(12-13)14-7-2-1-3-8-14/h13-14,19H,1-12H2,(H2,16,17,20). The Kier molecular flexibility index (Phi) is 6.60. The highest BCUT2D eigenvalue weighted by molar-refractivity contribution is 5.74. The topological polar surface area (TPSA) is 64.6 Å². The molecular weight excluding hydrogens is 254 g/mol. The summed E-state index contributed by atoms with van der Waals surface area (Å²) in [5, 5.41) is 14.6. The van der Waals surface area contributed by atoms with E-state index >= 15 is 0 Å². The SMILES string of the molecule is O=C(NCCCO)NC1CCCN(C2CCCCC2)C1. The number of carbonyl (C=O) groups excluding carboxylic acids is 1. The van der Waals surface area contributed by atoms with Gasteiger partial charge < -0.3 is 15.7 Å². The Hall–Kier alpha value is -0.810. The predicted octanol–water partition coefficient (Wildman–Crippen LogP) is 1.47. The molecule has 0 aromatic heterocycles. The normalized spacial score (nSPS) is 25.4. The Morgan fingerprint density at radius 1 is 1.15 bits per heavy atom. The lowest BCUT2D eigenvalue weighted by Gasteiger charge is -2.40. The van der Waals surface area contributed by atoms with Gasteiger partial charge in [0, 0.05) is 31.8 Å². The maximum atomic E-state index is 11.7. The summed E-state index contributed by atoms with van der Waals surface area (Å²) >= 11 is 0. The highest BCUT2D eigenvalue weighted by Gasteiger charge is 2.27. The van der Waals surface area contributed by atoms with Crippen LogP contribution in [-0.2, 0) is 0 Å².